The van der Waals surface area contributed by atoms with Crippen LogP contribution in [-0.4, -0.2) is 48.1 Å². The lowest BCUT2D eigenvalue weighted by Gasteiger charge is -2.43. The van der Waals surface area contributed by atoms with Crippen LogP contribution in [0.1, 0.15) is 36.8 Å². The van der Waals surface area contributed by atoms with Crippen molar-refractivity contribution in [3.05, 3.63) is 29.3 Å². The van der Waals surface area contributed by atoms with E-state index in [1.165, 1.54) is 4.31 Å². The quantitative estimate of drug-likeness (QED) is 0.829. The number of carboxylic acid groups (broad SMARTS) is 1. The smallest absolute Gasteiger partial charge is 0.313 e. The Morgan fingerprint density at radius 1 is 1.28 bits per heavy atom. The molecule has 2 fully saturated rings. The Morgan fingerprint density at radius 3 is 2.56 bits per heavy atom. The highest BCUT2D eigenvalue weighted by atomic mass is 32.2. The number of aryl methyl sites for hydroxylation is 2. The summed E-state index contributed by atoms with van der Waals surface area (Å²) in [4.78, 5) is 12.2. The number of carbonyl (C=O) groups is 1. The molecule has 2 atom stereocenters. The molecule has 25 heavy (non-hydrogen) atoms. The average molecular weight is 367 g/mol. The van der Waals surface area contributed by atoms with E-state index in [0.29, 0.717) is 12.0 Å². The van der Waals surface area contributed by atoms with Gasteiger partial charge in [0, 0.05) is 13.1 Å². The number of nitrogens with zero attached hydrogens (tertiary/aromatic N) is 1. The molecule has 1 saturated heterocycles. The zero-order valence-electron chi connectivity index (χ0n) is 14.6. The number of aliphatic hydroxyl groups excluding tert-OH is 1. The molecule has 138 valence electrons. The number of carboxylic acids is 1. The maximum absolute atomic E-state index is 13.1. The van der Waals surface area contributed by atoms with Gasteiger partial charge in [-0.3, -0.25) is 4.79 Å². The lowest BCUT2D eigenvalue weighted by atomic mass is 9.74. The van der Waals surface area contributed by atoms with Gasteiger partial charge in [0.1, 0.15) is 5.41 Å². The van der Waals surface area contributed by atoms with Gasteiger partial charge in [-0.15, -0.1) is 0 Å². The summed E-state index contributed by atoms with van der Waals surface area (Å²) in [5, 5.41) is 20.2. The summed E-state index contributed by atoms with van der Waals surface area (Å²) in [5.74, 6) is -0.832. The van der Waals surface area contributed by atoms with Gasteiger partial charge in [0.25, 0.3) is 0 Å². The number of sulfonamides is 1. The topological polar surface area (TPSA) is 94.9 Å². The fourth-order valence-corrected chi connectivity index (χ4v) is 5.54. The molecule has 2 N–H and O–H groups in total. The van der Waals surface area contributed by atoms with Gasteiger partial charge in [-0.05, 0) is 49.8 Å². The van der Waals surface area contributed by atoms with E-state index in [9.17, 15) is 23.4 Å². The minimum absolute atomic E-state index is 0.135. The Hall–Kier alpha value is -1.44. The van der Waals surface area contributed by atoms with Crippen LogP contribution in [0.5, 0.6) is 0 Å². The predicted octanol–water partition coefficient (Wildman–Crippen LogP) is 1.93. The van der Waals surface area contributed by atoms with Crippen LogP contribution in [0.4, 0.5) is 0 Å². The summed E-state index contributed by atoms with van der Waals surface area (Å²) >= 11 is 0. The van der Waals surface area contributed by atoms with Crippen LogP contribution in [0.3, 0.4) is 0 Å². The zero-order chi connectivity index (χ0) is 18.4. The molecule has 0 aromatic heterocycles. The van der Waals surface area contributed by atoms with E-state index in [2.05, 4.69) is 0 Å². The monoisotopic (exact) mass is 367 g/mol. The Morgan fingerprint density at radius 2 is 1.96 bits per heavy atom. The van der Waals surface area contributed by atoms with Gasteiger partial charge in [-0.2, -0.15) is 4.31 Å². The van der Waals surface area contributed by atoms with Gasteiger partial charge in [-0.25, -0.2) is 8.42 Å². The standard InChI is InChI=1S/C18H25NO5S/c1-12-3-4-13(2)15(9-12)25(23,24)19-8-7-16(20)18(11-19,17(21)22)10-14-5-6-14/h3-4,9,14,16,20H,5-8,10-11H2,1-2H3,(H,21,22)/t16-,18+/m1/s1. The number of hydrogen-bond acceptors (Lipinski definition) is 4. The van der Waals surface area contributed by atoms with Crippen molar-refractivity contribution in [1.29, 1.82) is 0 Å². The number of benzene rings is 1. The van der Waals surface area contributed by atoms with Gasteiger partial charge in [-0.1, -0.05) is 25.0 Å². The Labute approximate surface area is 148 Å². The lowest BCUT2D eigenvalue weighted by molar-refractivity contribution is -0.162. The van der Waals surface area contributed by atoms with Crippen molar-refractivity contribution in [3.8, 4) is 0 Å². The fourth-order valence-electron chi connectivity index (χ4n) is 3.71. The van der Waals surface area contributed by atoms with Crippen LogP contribution in [0.2, 0.25) is 0 Å². The van der Waals surface area contributed by atoms with Gasteiger partial charge in [0.2, 0.25) is 10.0 Å². The molecule has 0 amide bonds. The Bertz CT molecular complexity index is 787. The molecule has 1 aromatic rings. The Kier molecular flexibility index (Phi) is 4.68. The highest BCUT2D eigenvalue weighted by molar-refractivity contribution is 7.89. The van der Waals surface area contributed by atoms with Crippen molar-refractivity contribution in [1.82, 2.24) is 4.31 Å². The van der Waals surface area contributed by atoms with Crippen LogP contribution >= 0.6 is 0 Å². The maximum Gasteiger partial charge on any atom is 0.313 e. The largest absolute Gasteiger partial charge is 0.481 e. The van der Waals surface area contributed by atoms with E-state index in [4.69, 9.17) is 0 Å². The lowest BCUT2D eigenvalue weighted by Crippen LogP contribution is -2.57. The molecule has 1 aromatic carbocycles. The van der Waals surface area contributed by atoms with E-state index in [1.807, 2.05) is 13.0 Å². The number of piperidine rings is 1. The van der Waals surface area contributed by atoms with Gasteiger partial charge < -0.3 is 10.2 Å². The van der Waals surface area contributed by atoms with E-state index in [-0.39, 0.29) is 30.3 Å². The second-order valence-corrected chi connectivity index (χ2v) is 9.43. The molecule has 3 rings (SSSR count). The molecular formula is C18H25NO5S. The third-order valence-electron chi connectivity index (χ3n) is 5.49. The first-order valence-corrected chi connectivity index (χ1v) is 10.1. The zero-order valence-corrected chi connectivity index (χ0v) is 15.4. The third kappa shape index (κ3) is 3.32. The van der Waals surface area contributed by atoms with Crippen LogP contribution < -0.4 is 0 Å². The van der Waals surface area contributed by atoms with Crippen LogP contribution in [0.15, 0.2) is 23.1 Å². The number of rotatable bonds is 5. The van der Waals surface area contributed by atoms with Gasteiger partial charge >= 0.3 is 5.97 Å². The molecule has 1 saturated carbocycles. The number of hydrogen-bond donors (Lipinski definition) is 2. The SMILES string of the molecule is Cc1ccc(C)c(S(=O)(=O)N2CC[C@@H](O)[C@@](CC3CC3)(C(=O)O)C2)c1. The van der Waals surface area contributed by atoms with Crippen LogP contribution in [0, 0.1) is 25.2 Å². The summed E-state index contributed by atoms with van der Waals surface area (Å²) in [5.41, 5.74) is 0.0630. The molecule has 6 nitrogen and oxygen atoms in total. The predicted molar refractivity (Wildman–Crippen MR) is 92.7 cm³/mol. The fraction of sp³-hybridized carbons (Fsp3) is 0.611. The van der Waals surface area contributed by atoms with Crippen molar-refractivity contribution in [2.75, 3.05) is 13.1 Å². The Balaban J connectivity index is 1.96. The molecule has 1 heterocycles. The number of aliphatic carboxylic acids is 1. The summed E-state index contributed by atoms with van der Waals surface area (Å²) in [7, 11) is -3.80. The number of aliphatic hydroxyl groups is 1. The first-order valence-electron chi connectivity index (χ1n) is 8.66. The molecule has 7 heteroatoms. The summed E-state index contributed by atoms with van der Waals surface area (Å²) in [6, 6.07) is 5.23. The van der Waals surface area contributed by atoms with Crippen molar-refractivity contribution in [3.63, 3.8) is 0 Å². The summed E-state index contributed by atoms with van der Waals surface area (Å²) in [6.45, 7) is 3.53. The molecular weight excluding hydrogens is 342 g/mol. The highest BCUT2D eigenvalue weighted by Gasteiger charge is 2.53. The highest BCUT2D eigenvalue weighted by Crippen LogP contribution is 2.46. The first kappa shape index (κ1) is 18.4. The normalized spacial score (nSPS) is 28.0. The van der Waals surface area contributed by atoms with E-state index in [1.54, 1.807) is 19.1 Å². The van der Waals surface area contributed by atoms with Crippen molar-refractivity contribution in [2.45, 2.75) is 50.5 Å². The maximum atomic E-state index is 13.1. The molecule has 0 radical (unpaired) electrons. The van der Waals surface area contributed by atoms with Gasteiger partial charge in [0.15, 0.2) is 0 Å². The van der Waals surface area contributed by atoms with Crippen molar-refractivity contribution < 1.29 is 23.4 Å². The molecule has 0 spiro atoms. The third-order valence-corrected chi connectivity index (χ3v) is 7.47. The molecule has 0 bridgehead atoms. The van der Waals surface area contributed by atoms with Crippen molar-refractivity contribution in [2.24, 2.45) is 11.3 Å². The first-order chi connectivity index (χ1) is 11.7. The summed E-state index contributed by atoms with van der Waals surface area (Å²) in [6.07, 6.45) is 1.36. The minimum atomic E-state index is -3.80. The molecule has 1 aliphatic carbocycles. The van der Waals surface area contributed by atoms with Crippen LogP contribution in [0.25, 0.3) is 0 Å². The molecule has 0 unspecified atom stereocenters. The summed E-state index contributed by atoms with van der Waals surface area (Å²) < 4.78 is 27.5. The van der Waals surface area contributed by atoms with E-state index >= 15 is 0 Å². The van der Waals surface area contributed by atoms with E-state index in [0.717, 1.165) is 18.4 Å². The van der Waals surface area contributed by atoms with Crippen molar-refractivity contribution >= 4 is 16.0 Å². The minimum Gasteiger partial charge on any atom is -0.481 e. The second kappa shape index (κ2) is 6.37. The molecule has 2 aliphatic rings. The average Bonchev–Trinajstić information content (AvgIpc) is 3.35. The van der Waals surface area contributed by atoms with E-state index < -0.39 is 27.5 Å². The van der Waals surface area contributed by atoms with Crippen LogP contribution in [-0.2, 0) is 14.8 Å². The second-order valence-electron chi connectivity index (χ2n) is 7.52. The molecule has 1 aliphatic heterocycles. The van der Waals surface area contributed by atoms with Gasteiger partial charge in [0.05, 0.1) is 11.0 Å².